The summed E-state index contributed by atoms with van der Waals surface area (Å²) in [6.07, 6.45) is 2.80. The average molecular weight is 303 g/mol. The maximum absolute atomic E-state index is 12.7. The highest BCUT2D eigenvalue weighted by Crippen LogP contribution is 2.46. The van der Waals surface area contributed by atoms with Crippen molar-refractivity contribution in [2.24, 2.45) is 0 Å². The number of amides is 1. The fourth-order valence-electron chi connectivity index (χ4n) is 3.57. The summed E-state index contributed by atoms with van der Waals surface area (Å²) in [5, 5.41) is 3.08. The number of anilines is 1. The van der Waals surface area contributed by atoms with Crippen molar-refractivity contribution >= 4 is 11.6 Å². The van der Waals surface area contributed by atoms with Crippen LogP contribution in [0, 0.1) is 0 Å². The predicted octanol–water partition coefficient (Wildman–Crippen LogP) is 3.91. The maximum atomic E-state index is 12.7. The Balaban J connectivity index is 1.88. The second kappa shape index (κ2) is 5.36. The van der Waals surface area contributed by atoms with Gasteiger partial charge < -0.3 is 14.8 Å². The molecule has 1 aromatic carbocycles. The SMILES string of the molecule is CC1OC(C)(C)c2cccc(NC(=O)C3(C)CCCCO3)c21. The number of benzene rings is 1. The van der Waals surface area contributed by atoms with E-state index in [9.17, 15) is 4.79 Å². The molecular weight excluding hydrogens is 278 g/mol. The summed E-state index contributed by atoms with van der Waals surface area (Å²) < 4.78 is 11.8. The molecule has 4 heteroatoms. The minimum atomic E-state index is -0.723. The molecule has 3 rings (SSSR count). The van der Waals surface area contributed by atoms with Gasteiger partial charge in [0, 0.05) is 17.9 Å². The number of nitrogens with one attached hydrogen (secondary N) is 1. The number of carbonyl (C=O) groups excluding carboxylic acids is 1. The zero-order valence-corrected chi connectivity index (χ0v) is 13.9. The maximum Gasteiger partial charge on any atom is 0.256 e. The average Bonchev–Trinajstić information content (AvgIpc) is 2.70. The Kier molecular flexibility index (Phi) is 3.77. The summed E-state index contributed by atoms with van der Waals surface area (Å²) in [5.41, 5.74) is 2.03. The number of ether oxygens (including phenoxy) is 2. The number of hydrogen-bond donors (Lipinski definition) is 1. The fourth-order valence-corrected chi connectivity index (χ4v) is 3.57. The predicted molar refractivity (Wildman–Crippen MR) is 85.8 cm³/mol. The molecule has 120 valence electrons. The fraction of sp³-hybridized carbons (Fsp3) is 0.611. The first-order chi connectivity index (χ1) is 10.3. The summed E-state index contributed by atoms with van der Waals surface area (Å²) in [6.45, 7) is 8.69. The molecule has 2 aliphatic heterocycles. The van der Waals surface area contributed by atoms with Gasteiger partial charge in [-0.25, -0.2) is 0 Å². The minimum Gasteiger partial charge on any atom is -0.365 e. The van der Waals surface area contributed by atoms with E-state index in [0.29, 0.717) is 6.61 Å². The van der Waals surface area contributed by atoms with Crippen LogP contribution in [0.15, 0.2) is 18.2 Å². The molecule has 0 radical (unpaired) electrons. The molecular formula is C18H25NO3. The van der Waals surface area contributed by atoms with E-state index in [-0.39, 0.29) is 17.6 Å². The Morgan fingerprint density at radius 2 is 2.05 bits per heavy atom. The molecule has 2 unspecified atom stereocenters. The second-order valence-corrected chi connectivity index (χ2v) is 7.03. The van der Waals surface area contributed by atoms with Crippen LogP contribution in [0.1, 0.15) is 64.2 Å². The third kappa shape index (κ3) is 2.55. The highest BCUT2D eigenvalue weighted by Gasteiger charge is 2.40. The van der Waals surface area contributed by atoms with Gasteiger partial charge in [-0.05, 0) is 58.6 Å². The zero-order chi connectivity index (χ0) is 16.0. The van der Waals surface area contributed by atoms with Gasteiger partial charge in [0.15, 0.2) is 0 Å². The van der Waals surface area contributed by atoms with Gasteiger partial charge in [-0.1, -0.05) is 12.1 Å². The van der Waals surface area contributed by atoms with Crippen molar-refractivity contribution in [3.8, 4) is 0 Å². The minimum absolute atomic E-state index is 0.0263. The van der Waals surface area contributed by atoms with Crippen LogP contribution < -0.4 is 5.32 Å². The van der Waals surface area contributed by atoms with Gasteiger partial charge in [0.25, 0.3) is 5.91 Å². The van der Waals surface area contributed by atoms with Crippen molar-refractivity contribution in [2.45, 2.75) is 64.3 Å². The van der Waals surface area contributed by atoms with E-state index in [1.807, 2.05) is 26.0 Å². The van der Waals surface area contributed by atoms with E-state index in [1.165, 1.54) is 0 Å². The Bertz CT molecular complexity index is 588. The lowest BCUT2D eigenvalue weighted by Gasteiger charge is -2.32. The Labute approximate surface area is 132 Å². The van der Waals surface area contributed by atoms with E-state index in [4.69, 9.17) is 9.47 Å². The Morgan fingerprint density at radius 3 is 2.73 bits per heavy atom. The highest BCUT2D eigenvalue weighted by atomic mass is 16.5. The summed E-state index contributed by atoms with van der Waals surface area (Å²) in [6, 6.07) is 6.00. The molecule has 1 saturated heterocycles. The lowest BCUT2D eigenvalue weighted by molar-refractivity contribution is -0.144. The molecule has 1 fully saturated rings. The third-order valence-corrected chi connectivity index (χ3v) is 4.83. The van der Waals surface area contributed by atoms with Crippen LogP contribution in [-0.2, 0) is 19.9 Å². The van der Waals surface area contributed by atoms with Crippen LogP contribution in [0.25, 0.3) is 0 Å². The lowest BCUT2D eigenvalue weighted by Crippen LogP contribution is -2.45. The number of fused-ring (bicyclic) bond motifs is 1. The number of carbonyl (C=O) groups is 1. The lowest BCUT2D eigenvalue weighted by atomic mass is 9.92. The van der Waals surface area contributed by atoms with Crippen LogP contribution in [-0.4, -0.2) is 18.1 Å². The first-order valence-corrected chi connectivity index (χ1v) is 8.10. The van der Waals surface area contributed by atoms with E-state index in [0.717, 1.165) is 36.1 Å². The third-order valence-electron chi connectivity index (χ3n) is 4.83. The second-order valence-electron chi connectivity index (χ2n) is 7.03. The van der Waals surface area contributed by atoms with Crippen LogP contribution in [0.5, 0.6) is 0 Å². The first-order valence-electron chi connectivity index (χ1n) is 8.10. The largest absolute Gasteiger partial charge is 0.365 e. The van der Waals surface area contributed by atoms with Gasteiger partial charge in [0.1, 0.15) is 5.60 Å². The molecule has 0 bridgehead atoms. The van der Waals surface area contributed by atoms with Gasteiger partial charge in [0.2, 0.25) is 0 Å². The number of hydrogen-bond acceptors (Lipinski definition) is 3. The monoisotopic (exact) mass is 303 g/mol. The van der Waals surface area contributed by atoms with E-state index in [1.54, 1.807) is 0 Å². The zero-order valence-electron chi connectivity index (χ0n) is 13.9. The topological polar surface area (TPSA) is 47.6 Å². The summed E-state index contributed by atoms with van der Waals surface area (Å²) >= 11 is 0. The summed E-state index contributed by atoms with van der Waals surface area (Å²) in [4.78, 5) is 12.7. The van der Waals surface area contributed by atoms with Crippen molar-refractivity contribution in [3.63, 3.8) is 0 Å². The van der Waals surface area contributed by atoms with E-state index in [2.05, 4.69) is 25.2 Å². The van der Waals surface area contributed by atoms with Crippen LogP contribution in [0.3, 0.4) is 0 Å². The smallest absolute Gasteiger partial charge is 0.256 e. The van der Waals surface area contributed by atoms with Gasteiger partial charge in [0.05, 0.1) is 11.7 Å². The molecule has 0 saturated carbocycles. The number of rotatable bonds is 2. The summed E-state index contributed by atoms with van der Waals surface area (Å²) in [7, 11) is 0. The van der Waals surface area contributed by atoms with Crippen molar-refractivity contribution in [1.29, 1.82) is 0 Å². The van der Waals surface area contributed by atoms with E-state index < -0.39 is 5.60 Å². The molecule has 0 aromatic heterocycles. The highest BCUT2D eigenvalue weighted by molar-refractivity contribution is 5.98. The van der Waals surface area contributed by atoms with Gasteiger partial charge >= 0.3 is 0 Å². The van der Waals surface area contributed by atoms with Crippen LogP contribution >= 0.6 is 0 Å². The molecule has 1 N–H and O–H groups in total. The molecule has 2 atom stereocenters. The quantitative estimate of drug-likeness (QED) is 0.901. The molecule has 2 heterocycles. The Hall–Kier alpha value is -1.39. The molecule has 0 aliphatic carbocycles. The molecule has 4 nitrogen and oxygen atoms in total. The van der Waals surface area contributed by atoms with Crippen molar-refractivity contribution in [2.75, 3.05) is 11.9 Å². The van der Waals surface area contributed by atoms with E-state index >= 15 is 0 Å². The van der Waals surface area contributed by atoms with Gasteiger partial charge in [-0.15, -0.1) is 0 Å². The van der Waals surface area contributed by atoms with Crippen molar-refractivity contribution < 1.29 is 14.3 Å². The molecule has 2 aliphatic rings. The normalized spacial score (nSPS) is 29.9. The molecule has 0 spiro atoms. The molecule has 1 aromatic rings. The van der Waals surface area contributed by atoms with Crippen LogP contribution in [0.2, 0.25) is 0 Å². The van der Waals surface area contributed by atoms with Crippen molar-refractivity contribution in [3.05, 3.63) is 29.3 Å². The Morgan fingerprint density at radius 1 is 1.27 bits per heavy atom. The van der Waals surface area contributed by atoms with Gasteiger partial charge in [-0.2, -0.15) is 0 Å². The van der Waals surface area contributed by atoms with Gasteiger partial charge in [-0.3, -0.25) is 4.79 Å². The molecule has 22 heavy (non-hydrogen) atoms. The summed E-state index contributed by atoms with van der Waals surface area (Å²) in [5.74, 6) is -0.0579. The standard InChI is InChI=1S/C18H25NO3/c1-12-15-13(17(2,3)22-12)8-7-9-14(15)19-16(20)18(4)10-5-6-11-21-18/h7-9,12H,5-6,10-11H2,1-4H3,(H,19,20). The molecule has 1 amide bonds. The van der Waals surface area contributed by atoms with Crippen LogP contribution in [0.4, 0.5) is 5.69 Å². The van der Waals surface area contributed by atoms with Crippen molar-refractivity contribution in [1.82, 2.24) is 0 Å². The first kappa shape index (κ1) is 15.5.